The summed E-state index contributed by atoms with van der Waals surface area (Å²) in [5.74, 6) is 0.0671. The molecular weight excluding hydrogens is 264 g/mol. The quantitative estimate of drug-likeness (QED) is 0.453. The maximum absolute atomic E-state index is 11.5. The zero-order valence-electron chi connectivity index (χ0n) is 11.8. The predicted molar refractivity (Wildman–Crippen MR) is 81.6 cm³/mol. The molecule has 2 aromatic rings. The number of rotatable bonds is 3. The third-order valence-electron chi connectivity index (χ3n) is 3.86. The van der Waals surface area contributed by atoms with Gasteiger partial charge in [0.1, 0.15) is 11.5 Å². The summed E-state index contributed by atoms with van der Waals surface area (Å²) in [6.45, 7) is 5.41. The summed E-state index contributed by atoms with van der Waals surface area (Å²) in [5.41, 5.74) is 5.15. The van der Waals surface area contributed by atoms with Crippen LogP contribution in [0.25, 0.3) is 11.1 Å². The Morgan fingerprint density at radius 2 is 2.19 bits per heavy atom. The summed E-state index contributed by atoms with van der Waals surface area (Å²) in [6.07, 6.45) is 2.55. The Morgan fingerprint density at radius 1 is 1.43 bits per heavy atom. The van der Waals surface area contributed by atoms with Crippen LogP contribution in [-0.4, -0.2) is 11.1 Å². The average Bonchev–Trinajstić information content (AvgIpc) is 2.87. The van der Waals surface area contributed by atoms with Crippen molar-refractivity contribution in [1.29, 1.82) is 0 Å². The fraction of sp³-hybridized carbons (Fsp3) is 0.167. The highest BCUT2D eigenvalue weighted by atomic mass is 16.5. The highest BCUT2D eigenvalue weighted by Crippen LogP contribution is 2.46. The molecule has 1 aliphatic carbocycles. The lowest BCUT2D eigenvalue weighted by Gasteiger charge is -2.14. The Kier molecular flexibility index (Phi) is 3.26. The zero-order valence-corrected chi connectivity index (χ0v) is 11.8. The van der Waals surface area contributed by atoms with Crippen molar-refractivity contribution in [2.24, 2.45) is 0 Å². The lowest BCUT2D eigenvalue weighted by atomic mass is 9.96. The van der Waals surface area contributed by atoms with E-state index in [9.17, 15) is 9.90 Å². The van der Waals surface area contributed by atoms with Gasteiger partial charge in [0, 0.05) is 29.7 Å². The van der Waals surface area contributed by atoms with E-state index in [4.69, 9.17) is 4.74 Å². The van der Waals surface area contributed by atoms with Crippen LogP contribution in [0.5, 0.6) is 11.5 Å². The Bertz CT molecular complexity index is 744. The van der Waals surface area contributed by atoms with Gasteiger partial charge in [-0.25, -0.2) is 4.79 Å². The molecule has 0 aliphatic heterocycles. The van der Waals surface area contributed by atoms with Gasteiger partial charge < -0.3 is 9.84 Å². The minimum Gasteiger partial charge on any atom is -0.508 e. The first-order valence-corrected chi connectivity index (χ1v) is 6.96. The molecule has 0 unspecified atom stereocenters. The Labute approximate surface area is 123 Å². The number of benzene rings is 2. The van der Waals surface area contributed by atoms with E-state index in [1.54, 1.807) is 0 Å². The standard InChI is InChI=1S/C18H16O3/c1-3-12-15(19)10-16(21-17(20)4-2)14-9-11-7-5-6-8-13(11)18(12)14/h4-8,10,19H,2-3,9H2,1H3. The molecule has 0 radical (unpaired) electrons. The van der Waals surface area contributed by atoms with E-state index in [0.717, 1.165) is 34.8 Å². The number of phenols is 1. The van der Waals surface area contributed by atoms with Crippen molar-refractivity contribution < 1.29 is 14.6 Å². The van der Waals surface area contributed by atoms with Gasteiger partial charge in [0.15, 0.2) is 0 Å². The van der Waals surface area contributed by atoms with Crippen LogP contribution >= 0.6 is 0 Å². The Hall–Kier alpha value is -2.55. The van der Waals surface area contributed by atoms with Gasteiger partial charge in [0.25, 0.3) is 0 Å². The first-order chi connectivity index (χ1) is 10.2. The molecule has 106 valence electrons. The molecule has 2 aromatic carbocycles. The molecule has 0 amide bonds. The molecule has 0 bridgehead atoms. The summed E-state index contributed by atoms with van der Waals surface area (Å²) in [5, 5.41) is 10.2. The van der Waals surface area contributed by atoms with Crippen LogP contribution < -0.4 is 4.74 Å². The van der Waals surface area contributed by atoms with E-state index in [-0.39, 0.29) is 5.75 Å². The van der Waals surface area contributed by atoms with Crippen LogP contribution in [-0.2, 0) is 17.6 Å². The molecule has 0 heterocycles. The number of carbonyl (C=O) groups excluding carboxylic acids is 1. The fourth-order valence-electron chi connectivity index (χ4n) is 2.94. The largest absolute Gasteiger partial charge is 0.508 e. The summed E-state index contributed by atoms with van der Waals surface area (Å²) >= 11 is 0. The number of esters is 1. The second-order valence-corrected chi connectivity index (χ2v) is 5.04. The van der Waals surface area contributed by atoms with Gasteiger partial charge in [-0.15, -0.1) is 0 Å². The third-order valence-corrected chi connectivity index (χ3v) is 3.86. The van der Waals surface area contributed by atoms with Crippen LogP contribution in [0.3, 0.4) is 0 Å². The van der Waals surface area contributed by atoms with Crippen molar-refractivity contribution in [2.75, 3.05) is 0 Å². The smallest absolute Gasteiger partial charge is 0.335 e. The van der Waals surface area contributed by atoms with Gasteiger partial charge in [0.2, 0.25) is 0 Å². The van der Waals surface area contributed by atoms with Crippen molar-refractivity contribution in [1.82, 2.24) is 0 Å². The molecule has 0 saturated heterocycles. The molecular formula is C18H16O3. The van der Waals surface area contributed by atoms with Crippen LogP contribution in [0.1, 0.15) is 23.6 Å². The lowest BCUT2D eigenvalue weighted by Crippen LogP contribution is -2.06. The van der Waals surface area contributed by atoms with E-state index in [0.29, 0.717) is 12.2 Å². The molecule has 21 heavy (non-hydrogen) atoms. The summed E-state index contributed by atoms with van der Waals surface area (Å²) in [6, 6.07) is 9.60. The van der Waals surface area contributed by atoms with E-state index < -0.39 is 5.97 Å². The van der Waals surface area contributed by atoms with E-state index in [1.807, 2.05) is 25.1 Å². The molecule has 1 N–H and O–H groups in total. The van der Waals surface area contributed by atoms with Gasteiger partial charge in [-0.3, -0.25) is 0 Å². The normalized spacial score (nSPS) is 11.7. The van der Waals surface area contributed by atoms with Crippen LogP contribution in [0.15, 0.2) is 43.0 Å². The Morgan fingerprint density at radius 3 is 2.90 bits per heavy atom. The summed E-state index contributed by atoms with van der Waals surface area (Å²) in [4.78, 5) is 11.5. The Balaban J connectivity index is 2.23. The third kappa shape index (κ3) is 2.11. The number of aromatic hydroxyl groups is 1. The van der Waals surface area contributed by atoms with Gasteiger partial charge >= 0.3 is 5.97 Å². The van der Waals surface area contributed by atoms with Crippen LogP contribution in [0, 0.1) is 0 Å². The lowest BCUT2D eigenvalue weighted by molar-refractivity contribution is -0.129. The van der Waals surface area contributed by atoms with Crippen molar-refractivity contribution >= 4 is 5.97 Å². The molecule has 3 nitrogen and oxygen atoms in total. The van der Waals surface area contributed by atoms with Crippen molar-refractivity contribution in [3.8, 4) is 22.6 Å². The first kappa shape index (κ1) is 13.4. The van der Waals surface area contributed by atoms with Crippen molar-refractivity contribution in [2.45, 2.75) is 19.8 Å². The molecule has 3 heteroatoms. The summed E-state index contributed by atoms with van der Waals surface area (Å²) < 4.78 is 5.30. The van der Waals surface area contributed by atoms with E-state index >= 15 is 0 Å². The van der Waals surface area contributed by atoms with E-state index in [1.165, 1.54) is 11.6 Å². The van der Waals surface area contributed by atoms with Crippen molar-refractivity contribution in [3.05, 3.63) is 59.7 Å². The predicted octanol–water partition coefficient (Wildman–Crippen LogP) is 3.62. The van der Waals surface area contributed by atoms with Crippen molar-refractivity contribution in [3.63, 3.8) is 0 Å². The second kappa shape index (κ2) is 5.09. The highest BCUT2D eigenvalue weighted by molar-refractivity contribution is 5.87. The molecule has 0 fully saturated rings. The fourth-order valence-corrected chi connectivity index (χ4v) is 2.94. The minimum absolute atomic E-state index is 0.166. The summed E-state index contributed by atoms with van der Waals surface area (Å²) in [7, 11) is 0. The second-order valence-electron chi connectivity index (χ2n) is 5.04. The van der Waals surface area contributed by atoms with Gasteiger partial charge in [0.05, 0.1) is 0 Å². The van der Waals surface area contributed by atoms with Gasteiger partial charge in [-0.2, -0.15) is 0 Å². The molecule has 0 aromatic heterocycles. The maximum atomic E-state index is 11.5. The number of phenolic OH excluding ortho intramolecular Hbond substituents is 1. The molecule has 1 aliphatic rings. The molecule has 3 rings (SSSR count). The maximum Gasteiger partial charge on any atom is 0.335 e. The zero-order chi connectivity index (χ0) is 15.0. The van der Waals surface area contributed by atoms with Crippen LogP contribution in [0.2, 0.25) is 0 Å². The molecule has 0 saturated carbocycles. The average molecular weight is 280 g/mol. The van der Waals surface area contributed by atoms with Crippen LogP contribution in [0.4, 0.5) is 0 Å². The topological polar surface area (TPSA) is 46.5 Å². The molecule has 0 atom stereocenters. The van der Waals surface area contributed by atoms with E-state index in [2.05, 4.69) is 12.6 Å². The van der Waals surface area contributed by atoms with Gasteiger partial charge in [-0.1, -0.05) is 37.8 Å². The highest BCUT2D eigenvalue weighted by Gasteiger charge is 2.27. The van der Waals surface area contributed by atoms with Gasteiger partial charge in [-0.05, 0) is 23.1 Å². The minimum atomic E-state index is -0.517. The number of carbonyl (C=O) groups is 1. The number of fused-ring (bicyclic) bond motifs is 3. The first-order valence-electron chi connectivity index (χ1n) is 6.96. The molecule has 0 spiro atoms. The number of hydrogen-bond donors (Lipinski definition) is 1. The number of ether oxygens (including phenoxy) is 1. The SMILES string of the molecule is C=CC(=O)Oc1cc(O)c(CC)c2c1Cc1ccccc1-2. The monoisotopic (exact) mass is 280 g/mol. The number of hydrogen-bond acceptors (Lipinski definition) is 3.